The average molecular weight is 220 g/mol. The minimum atomic E-state index is -0.464. The van der Waals surface area contributed by atoms with Crippen LogP contribution in [0.2, 0.25) is 0 Å². The van der Waals surface area contributed by atoms with Crippen LogP contribution in [0.5, 0.6) is 0 Å². The van der Waals surface area contributed by atoms with Crippen LogP contribution in [0.15, 0.2) is 31.0 Å². The summed E-state index contributed by atoms with van der Waals surface area (Å²) in [7, 11) is 0. The van der Waals surface area contributed by atoms with E-state index in [1.165, 1.54) is 0 Å². The third kappa shape index (κ3) is 3.07. The molecule has 0 radical (unpaired) electrons. The summed E-state index contributed by atoms with van der Waals surface area (Å²) in [4.78, 5) is 6.51. The second kappa shape index (κ2) is 5.66. The van der Waals surface area contributed by atoms with Crippen LogP contribution in [-0.4, -0.2) is 22.7 Å². The number of anilines is 1. The number of aliphatic hydroxyl groups excluding tert-OH is 1. The van der Waals surface area contributed by atoms with Crippen LogP contribution < -0.4 is 4.90 Å². The zero-order chi connectivity index (χ0) is 12.1. The first kappa shape index (κ1) is 12.7. The largest absolute Gasteiger partial charge is 0.389 e. The Balaban J connectivity index is 2.89. The Kier molecular flexibility index (Phi) is 4.50. The number of nitrogens with zero attached hydrogens (tertiary/aromatic N) is 2. The van der Waals surface area contributed by atoms with Gasteiger partial charge in [-0.15, -0.1) is 6.58 Å². The van der Waals surface area contributed by atoms with Crippen molar-refractivity contribution in [2.45, 2.75) is 32.9 Å². The molecular formula is C13H20N2O. The van der Waals surface area contributed by atoms with Crippen LogP contribution in [0, 0.1) is 0 Å². The fourth-order valence-electron chi connectivity index (χ4n) is 1.52. The number of rotatable bonds is 5. The Morgan fingerprint density at radius 3 is 2.50 bits per heavy atom. The summed E-state index contributed by atoms with van der Waals surface area (Å²) in [6, 6.07) is 4.22. The molecule has 0 bridgehead atoms. The molecule has 1 N–H and O–H groups in total. The molecule has 0 aliphatic carbocycles. The minimum Gasteiger partial charge on any atom is -0.389 e. The fourth-order valence-corrected chi connectivity index (χ4v) is 1.52. The first-order valence-corrected chi connectivity index (χ1v) is 5.57. The summed E-state index contributed by atoms with van der Waals surface area (Å²) in [6.07, 6.45) is 3.12. The van der Waals surface area contributed by atoms with Gasteiger partial charge in [0.05, 0.1) is 6.10 Å². The highest BCUT2D eigenvalue weighted by Crippen LogP contribution is 2.17. The van der Waals surface area contributed by atoms with Crippen molar-refractivity contribution in [2.75, 3.05) is 11.4 Å². The van der Waals surface area contributed by atoms with Crippen molar-refractivity contribution in [3.63, 3.8) is 0 Å². The molecule has 0 aromatic carbocycles. The molecule has 0 saturated heterocycles. The van der Waals surface area contributed by atoms with Crippen LogP contribution in [0.25, 0.3) is 0 Å². The number of hydrogen-bond donors (Lipinski definition) is 1. The molecule has 0 fully saturated rings. The van der Waals surface area contributed by atoms with Crippen LogP contribution in [0.4, 0.5) is 5.82 Å². The first-order valence-electron chi connectivity index (χ1n) is 5.57. The zero-order valence-corrected chi connectivity index (χ0v) is 10.2. The Bertz CT molecular complexity index is 330. The molecule has 0 aliphatic heterocycles. The predicted octanol–water partition coefficient (Wildman–Crippen LogP) is 2.54. The van der Waals surface area contributed by atoms with Gasteiger partial charge in [0.1, 0.15) is 5.82 Å². The van der Waals surface area contributed by atoms with Crippen molar-refractivity contribution in [3.8, 4) is 0 Å². The molecule has 1 heterocycles. The van der Waals surface area contributed by atoms with Gasteiger partial charge in [-0.25, -0.2) is 4.98 Å². The molecule has 1 aromatic rings. The van der Waals surface area contributed by atoms with Crippen molar-refractivity contribution in [1.29, 1.82) is 0 Å². The number of aliphatic hydroxyl groups is 1. The van der Waals surface area contributed by atoms with E-state index in [-0.39, 0.29) is 0 Å². The molecule has 3 nitrogen and oxygen atoms in total. The quantitative estimate of drug-likeness (QED) is 0.775. The molecule has 1 atom stereocenters. The van der Waals surface area contributed by atoms with Crippen LogP contribution >= 0.6 is 0 Å². The second-order valence-corrected chi connectivity index (χ2v) is 4.16. The lowest BCUT2D eigenvalue weighted by molar-refractivity contribution is 0.199. The molecule has 0 spiro atoms. The SMILES string of the molecule is C=CCN(c1ccc([C@@H](C)O)cn1)C(C)C. The lowest BCUT2D eigenvalue weighted by atomic mass is 10.2. The van der Waals surface area contributed by atoms with Gasteiger partial charge in [0.25, 0.3) is 0 Å². The third-order valence-corrected chi connectivity index (χ3v) is 2.50. The molecule has 16 heavy (non-hydrogen) atoms. The number of pyridine rings is 1. The van der Waals surface area contributed by atoms with E-state index in [4.69, 9.17) is 0 Å². The summed E-state index contributed by atoms with van der Waals surface area (Å²) in [5.74, 6) is 0.916. The summed E-state index contributed by atoms with van der Waals surface area (Å²) in [5, 5.41) is 9.40. The van der Waals surface area contributed by atoms with Crippen molar-refractivity contribution in [3.05, 3.63) is 36.5 Å². The monoisotopic (exact) mass is 220 g/mol. The van der Waals surface area contributed by atoms with Crippen molar-refractivity contribution >= 4 is 5.82 Å². The second-order valence-electron chi connectivity index (χ2n) is 4.16. The zero-order valence-electron chi connectivity index (χ0n) is 10.2. The van der Waals surface area contributed by atoms with E-state index in [1.54, 1.807) is 13.1 Å². The molecule has 1 rings (SSSR count). The lowest BCUT2D eigenvalue weighted by Gasteiger charge is -2.26. The van der Waals surface area contributed by atoms with Gasteiger partial charge in [-0.2, -0.15) is 0 Å². The van der Waals surface area contributed by atoms with Crippen molar-refractivity contribution < 1.29 is 5.11 Å². The van der Waals surface area contributed by atoms with Crippen LogP contribution in [0.1, 0.15) is 32.4 Å². The van der Waals surface area contributed by atoms with Gasteiger partial charge in [0.2, 0.25) is 0 Å². The summed E-state index contributed by atoms with van der Waals surface area (Å²) in [6.45, 7) is 10.5. The Hall–Kier alpha value is -1.35. The highest BCUT2D eigenvalue weighted by molar-refractivity contribution is 5.41. The van der Waals surface area contributed by atoms with Gasteiger partial charge in [-0.3, -0.25) is 0 Å². The minimum absolute atomic E-state index is 0.378. The standard InChI is InChI=1S/C13H20N2O/c1-5-8-15(10(2)3)13-7-6-12(9-14-13)11(4)16/h5-7,9-11,16H,1,8H2,2-4H3/t11-/m1/s1. The van der Waals surface area contributed by atoms with E-state index < -0.39 is 6.10 Å². The topological polar surface area (TPSA) is 36.4 Å². The molecule has 88 valence electrons. The average Bonchev–Trinajstić information content (AvgIpc) is 2.25. The van der Waals surface area contributed by atoms with E-state index in [0.29, 0.717) is 6.04 Å². The van der Waals surface area contributed by atoms with E-state index in [1.807, 2.05) is 18.2 Å². The Morgan fingerprint density at radius 2 is 2.12 bits per heavy atom. The fraction of sp³-hybridized carbons (Fsp3) is 0.462. The number of hydrogen-bond acceptors (Lipinski definition) is 3. The molecule has 3 heteroatoms. The smallest absolute Gasteiger partial charge is 0.128 e. The van der Waals surface area contributed by atoms with Gasteiger partial charge in [-0.05, 0) is 32.4 Å². The van der Waals surface area contributed by atoms with Crippen molar-refractivity contribution in [1.82, 2.24) is 4.98 Å². The molecule has 1 aromatic heterocycles. The van der Waals surface area contributed by atoms with Gasteiger partial charge < -0.3 is 10.0 Å². The third-order valence-electron chi connectivity index (χ3n) is 2.50. The van der Waals surface area contributed by atoms with Gasteiger partial charge in [0.15, 0.2) is 0 Å². The van der Waals surface area contributed by atoms with Crippen LogP contribution in [-0.2, 0) is 0 Å². The van der Waals surface area contributed by atoms with E-state index in [9.17, 15) is 5.11 Å². The Morgan fingerprint density at radius 1 is 1.44 bits per heavy atom. The normalized spacial score (nSPS) is 12.6. The maximum Gasteiger partial charge on any atom is 0.128 e. The summed E-state index contributed by atoms with van der Waals surface area (Å²) in [5.41, 5.74) is 0.839. The summed E-state index contributed by atoms with van der Waals surface area (Å²) >= 11 is 0. The first-order chi connectivity index (χ1) is 7.56. The molecule has 0 unspecified atom stereocenters. The van der Waals surface area contributed by atoms with Gasteiger partial charge in [0, 0.05) is 18.8 Å². The summed E-state index contributed by atoms with van der Waals surface area (Å²) < 4.78 is 0. The maximum atomic E-state index is 9.40. The van der Waals surface area contributed by atoms with Crippen LogP contribution in [0.3, 0.4) is 0 Å². The van der Waals surface area contributed by atoms with Crippen molar-refractivity contribution in [2.24, 2.45) is 0 Å². The maximum absolute atomic E-state index is 9.40. The highest BCUT2D eigenvalue weighted by Gasteiger charge is 2.10. The Labute approximate surface area is 97.4 Å². The van der Waals surface area contributed by atoms with Gasteiger partial charge in [-0.1, -0.05) is 12.1 Å². The van der Waals surface area contributed by atoms with E-state index >= 15 is 0 Å². The van der Waals surface area contributed by atoms with Gasteiger partial charge >= 0.3 is 0 Å². The molecule has 0 aliphatic rings. The molecule has 0 amide bonds. The lowest BCUT2D eigenvalue weighted by Crippen LogP contribution is -2.31. The number of aromatic nitrogens is 1. The predicted molar refractivity (Wildman–Crippen MR) is 67.5 cm³/mol. The van der Waals surface area contributed by atoms with E-state index in [0.717, 1.165) is 17.9 Å². The van der Waals surface area contributed by atoms with E-state index in [2.05, 4.69) is 30.3 Å². The molecule has 0 saturated carbocycles. The highest BCUT2D eigenvalue weighted by atomic mass is 16.3. The molecular weight excluding hydrogens is 200 g/mol.